The molecule has 1 heterocycles. The van der Waals surface area contributed by atoms with Gasteiger partial charge in [-0.1, -0.05) is 29.8 Å². The predicted octanol–water partition coefficient (Wildman–Crippen LogP) is 3.28. The molecule has 0 fully saturated rings. The van der Waals surface area contributed by atoms with Crippen LogP contribution >= 0.6 is 11.6 Å². The van der Waals surface area contributed by atoms with Crippen molar-refractivity contribution in [1.29, 1.82) is 0 Å². The average molecular weight is 332 g/mol. The molecule has 0 bridgehead atoms. The number of hydrogen-bond donors (Lipinski definition) is 1. The summed E-state index contributed by atoms with van der Waals surface area (Å²) in [7, 11) is 1.93. The average Bonchev–Trinajstić information content (AvgIpc) is 2.53. The SMILES string of the molecule is CC(C)N(C)CC(=O)N[C@@H](c1cccc(Cl)c1)c1ccccn1. The number of pyridine rings is 1. The van der Waals surface area contributed by atoms with E-state index in [2.05, 4.69) is 24.1 Å². The molecule has 2 aromatic rings. The smallest absolute Gasteiger partial charge is 0.234 e. The van der Waals surface area contributed by atoms with Gasteiger partial charge in [-0.25, -0.2) is 0 Å². The van der Waals surface area contributed by atoms with Gasteiger partial charge in [0.1, 0.15) is 0 Å². The molecule has 1 N–H and O–H groups in total. The number of rotatable bonds is 6. The first kappa shape index (κ1) is 17.4. The molecule has 0 spiro atoms. The van der Waals surface area contributed by atoms with E-state index in [0.29, 0.717) is 17.6 Å². The number of benzene rings is 1. The molecule has 5 heteroatoms. The molecule has 1 amide bonds. The summed E-state index contributed by atoms with van der Waals surface area (Å²) < 4.78 is 0. The summed E-state index contributed by atoms with van der Waals surface area (Å²) in [5, 5.41) is 3.70. The maximum Gasteiger partial charge on any atom is 0.234 e. The van der Waals surface area contributed by atoms with Crippen LogP contribution in [0.15, 0.2) is 48.7 Å². The standard InChI is InChI=1S/C18H22ClN3O/c1-13(2)22(3)12-17(23)21-18(16-9-4-5-10-20-16)14-7-6-8-15(19)11-14/h4-11,13,18H,12H2,1-3H3,(H,21,23)/t18-/m0/s1. The molecular weight excluding hydrogens is 310 g/mol. The zero-order chi connectivity index (χ0) is 16.8. The van der Waals surface area contributed by atoms with Crippen molar-refractivity contribution < 1.29 is 4.79 Å². The van der Waals surface area contributed by atoms with Gasteiger partial charge in [0, 0.05) is 17.3 Å². The van der Waals surface area contributed by atoms with Crippen molar-refractivity contribution in [1.82, 2.24) is 15.2 Å². The third-order valence-electron chi connectivity index (χ3n) is 3.75. The maximum atomic E-state index is 12.4. The van der Waals surface area contributed by atoms with Gasteiger partial charge in [-0.15, -0.1) is 0 Å². The lowest BCUT2D eigenvalue weighted by Gasteiger charge is -2.23. The van der Waals surface area contributed by atoms with Gasteiger partial charge in [0.2, 0.25) is 5.91 Å². The number of carbonyl (C=O) groups is 1. The van der Waals surface area contributed by atoms with Crippen LogP contribution in [0.25, 0.3) is 0 Å². The van der Waals surface area contributed by atoms with Gasteiger partial charge in [-0.2, -0.15) is 0 Å². The molecule has 0 aliphatic heterocycles. The topological polar surface area (TPSA) is 45.2 Å². The largest absolute Gasteiger partial charge is 0.342 e. The molecule has 0 radical (unpaired) electrons. The van der Waals surface area contributed by atoms with Gasteiger partial charge >= 0.3 is 0 Å². The second kappa shape index (κ2) is 8.09. The van der Waals surface area contributed by atoms with E-state index in [9.17, 15) is 4.79 Å². The lowest BCUT2D eigenvalue weighted by atomic mass is 10.0. The van der Waals surface area contributed by atoms with Crippen LogP contribution in [0.4, 0.5) is 0 Å². The summed E-state index contributed by atoms with van der Waals surface area (Å²) >= 11 is 6.10. The first-order valence-electron chi connectivity index (χ1n) is 7.63. The molecule has 2 rings (SSSR count). The van der Waals surface area contributed by atoms with Crippen molar-refractivity contribution in [3.05, 3.63) is 64.9 Å². The monoisotopic (exact) mass is 331 g/mol. The Balaban J connectivity index is 2.23. The molecular formula is C18H22ClN3O. The lowest BCUT2D eigenvalue weighted by Crippen LogP contribution is -2.40. The second-order valence-electron chi connectivity index (χ2n) is 5.82. The van der Waals surface area contributed by atoms with E-state index < -0.39 is 0 Å². The highest BCUT2D eigenvalue weighted by Crippen LogP contribution is 2.23. The Morgan fingerprint density at radius 3 is 2.65 bits per heavy atom. The summed E-state index contributed by atoms with van der Waals surface area (Å²) in [6, 6.07) is 13.1. The quantitative estimate of drug-likeness (QED) is 0.883. The van der Waals surface area contributed by atoms with Crippen molar-refractivity contribution in [2.45, 2.75) is 25.9 Å². The van der Waals surface area contributed by atoms with E-state index in [1.165, 1.54) is 0 Å². The van der Waals surface area contributed by atoms with E-state index in [1.807, 2.05) is 54.4 Å². The third kappa shape index (κ3) is 5.05. The van der Waals surface area contributed by atoms with Crippen molar-refractivity contribution in [2.24, 2.45) is 0 Å². The van der Waals surface area contributed by atoms with E-state index >= 15 is 0 Å². The first-order chi connectivity index (χ1) is 11.0. The van der Waals surface area contributed by atoms with Gasteiger partial charge in [-0.05, 0) is 50.7 Å². The Hall–Kier alpha value is -1.91. The molecule has 1 atom stereocenters. The number of aromatic nitrogens is 1. The maximum absolute atomic E-state index is 12.4. The summed E-state index contributed by atoms with van der Waals surface area (Å²) in [4.78, 5) is 18.8. The highest BCUT2D eigenvalue weighted by atomic mass is 35.5. The molecule has 4 nitrogen and oxygen atoms in total. The Kier molecular flexibility index (Phi) is 6.13. The van der Waals surface area contributed by atoms with Crippen molar-refractivity contribution in [3.8, 4) is 0 Å². The second-order valence-corrected chi connectivity index (χ2v) is 6.26. The molecule has 23 heavy (non-hydrogen) atoms. The highest BCUT2D eigenvalue weighted by molar-refractivity contribution is 6.30. The zero-order valence-corrected chi connectivity index (χ0v) is 14.4. The fraction of sp³-hybridized carbons (Fsp3) is 0.333. The number of nitrogens with one attached hydrogen (secondary N) is 1. The number of nitrogens with zero attached hydrogens (tertiary/aromatic N) is 2. The van der Waals surface area contributed by atoms with Crippen LogP contribution in [0, 0.1) is 0 Å². The van der Waals surface area contributed by atoms with Gasteiger partial charge in [0.25, 0.3) is 0 Å². The molecule has 0 aliphatic rings. The molecule has 0 aliphatic carbocycles. The fourth-order valence-corrected chi connectivity index (χ4v) is 2.38. The molecule has 0 unspecified atom stereocenters. The van der Waals surface area contributed by atoms with Crippen LogP contribution in [0.3, 0.4) is 0 Å². The van der Waals surface area contributed by atoms with Crippen LogP contribution in [0.2, 0.25) is 5.02 Å². The third-order valence-corrected chi connectivity index (χ3v) is 3.98. The van der Waals surface area contributed by atoms with Crippen LogP contribution in [-0.4, -0.2) is 35.4 Å². The Morgan fingerprint density at radius 2 is 2.04 bits per heavy atom. The summed E-state index contributed by atoms with van der Waals surface area (Å²) in [5.41, 5.74) is 1.70. The highest BCUT2D eigenvalue weighted by Gasteiger charge is 2.19. The van der Waals surface area contributed by atoms with Crippen molar-refractivity contribution >= 4 is 17.5 Å². The fourth-order valence-electron chi connectivity index (χ4n) is 2.18. The van der Waals surface area contributed by atoms with E-state index in [1.54, 1.807) is 6.20 Å². The summed E-state index contributed by atoms with van der Waals surface area (Å²) in [5.74, 6) is -0.0446. The van der Waals surface area contributed by atoms with Crippen LogP contribution in [-0.2, 0) is 4.79 Å². The van der Waals surface area contributed by atoms with Gasteiger partial charge in [0.15, 0.2) is 0 Å². The molecule has 0 saturated carbocycles. The minimum atomic E-state index is -0.317. The van der Waals surface area contributed by atoms with Gasteiger partial charge in [0.05, 0.1) is 18.3 Å². The van der Waals surface area contributed by atoms with E-state index in [-0.39, 0.29) is 11.9 Å². The molecule has 1 aromatic carbocycles. The molecule has 0 saturated heterocycles. The summed E-state index contributed by atoms with van der Waals surface area (Å²) in [6.45, 7) is 4.45. The Morgan fingerprint density at radius 1 is 1.26 bits per heavy atom. The minimum absolute atomic E-state index is 0.0446. The Bertz CT molecular complexity index is 646. The predicted molar refractivity (Wildman–Crippen MR) is 93.4 cm³/mol. The normalized spacial score (nSPS) is 12.4. The summed E-state index contributed by atoms with van der Waals surface area (Å²) in [6.07, 6.45) is 1.72. The lowest BCUT2D eigenvalue weighted by molar-refractivity contribution is -0.122. The zero-order valence-electron chi connectivity index (χ0n) is 13.7. The Labute approximate surface area is 142 Å². The van der Waals surface area contributed by atoms with E-state index in [0.717, 1.165) is 11.3 Å². The molecule has 122 valence electrons. The van der Waals surface area contributed by atoms with Crippen molar-refractivity contribution in [3.63, 3.8) is 0 Å². The molecule has 1 aromatic heterocycles. The number of amides is 1. The van der Waals surface area contributed by atoms with Crippen LogP contribution in [0.5, 0.6) is 0 Å². The minimum Gasteiger partial charge on any atom is -0.342 e. The number of hydrogen-bond acceptors (Lipinski definition) is 3. The first-order valence-corrected chi connectivity index (χ1v) is 8.01. The number of halogens is 1. The van der Waals surface area contributed by atoms with Crippen LogP contribution in [0.1, 0.15) is 31.1 Å². The van der Waals surface area contributed by atoms with Crippen LogP contribution < -0.4 is 5.32 Å². The van der Waals surface area contributed by atoms with Gasteiger partial charge < -0.3 is 5.32 Å². The number of likely N-dealkylation sites (N-methyl/N-ethyl adjacent to an activating group) is 1. The van der Waals surface area contributed by atoms with Crippen molar-refractivity contribution in [2.75, 3.05) is 13.6 Å². The number of carbonyl (C=O) groups excluding carboxylic acids is 1. The van der Waals surface area contributed by atoms with E-state index in [4.69, 9.17) is 11.6 Å². The van der Waals surface area contributed by atoms with Gasteiger partial charge in [-0.3, -0.25) is 14.7 Å².